The van der Waals surface area contributed by atoms with Crippen molar-refractivity contribution in [2.75, 3.05) is 19.6 Å². The molecule has 0 aromatic rings. The van der Waals surface area contributed by atoms with E-state index in [4.69, 9.17) is 16.2 Å². The van der Waals surface area contributed by atoms with E-state index < -0.39 is 11.6 Å². The van der Waals surface area contributed by atoms with Crippen molar-refractivity contribution in [3.05, 3.63) is 0 Å². The van der Waals surface area contributed by atoms with Crippen LogP contribution in [-0.2, 0) is 9.53 Å². The quantitative estimate of drug-likeness (QED) is 0.401. The van der Waals surface area contributed by atoms with Gasteiger partial charge in [-0.2, -0.15) is 0 Å². The largest absolute Gasteiger partial charge is 0.444 e. The molecule has 0 aromatic carbocycles. The van der Waals surface area contributed by atoms with E-state index in [-0.39, 0.29) is 12.0 Å². The third-order valence-electron chi connectivity index (χ3n) is 3.38. The Morgan fingerprint density at radius 3 is 2.08 bits per heavy atom. The molecule has 0 rings (SSSR count). The molecule has 6 N–H and O–H groups in total. The summed E-state index contributed by atoms with van der Waals surface area (Å²) < 4.78 is 5.15. The molecule has 7 heteroatoms. The van der Waals surface area contributed by atoms with Gasteiger partial charge in [-0.05, 0) is 53.0 Å². The Morgan fingerprint density at radius 2 is 1.54 bits per heavy atom. The highest BCUT2D eigenvalue weighted by Crippen LogP contribution is 2.06. The predicted octanol–water partition coefficient (Wildman–Crippen LogP) is 1.64. The fourth-order valence-electron chi connectivity index (χ4n) is 2.09. The molecule has 0 aliphatic rings. The van der Waals surface area contributed by atoms with E-state index in [9.17, 15) is 9.59 Å². The smallest absolute Gasteiger partial charge is 0.407 e. The zero-order chi connectivity index (χ0) is 18.4. The van der Waals surface area contributed by atoms with E-state index in [0.29, 0.717) is 26.1 Å². The van der Waals surface area contributed by atoms with Gasteiger partial charge in [-0.25, -0.2) is 4.79 Å². The molecule has 24 heavy (non-hydrogen) atoms. The number of hydrogen-bond donors (Lipinski definition) is 4. The third kappa shape index (κ3) is 14.3. The van der Waals surface area contributed by atoms with E-state index in [1.165, 1.54) is 0 Å². The van der Waals surface area contributed by atoms with Crippen molar-refractivity contribution >= 4 is 12.0 Å². The number of carbonyl (C=O) groups excluding carboxylic acids is 2. The molecule has 0 radical (unpaired) electrons. The Morgan fingerprint density at radius 1 is 0.958 bits per heavy atom. The molecule has 0 saturated heterocycles. The average molecular weight is 345 g/mol. The van der Waals surface area contributed by atoms with Crippen LogP contribution in [-0.4, -0.2) is 43.3 Å². The fraction of sp³-hybridized carbons (Fsp3) is 0.882. The van der Waals surface area contributed by atoms with Crippen molar-refractivity contribution in [1.29, 1.82) is 0 Å². The Hall–Kier alpha value is -1.34. The lowest BCUT2D eigenvalue weighted by molar-refractivity contribution is -0.122. The van der Waals surface area contributed by atoms with Crippen molar-refractivity contribution in [2.24, 2.45) is 11.5 Å². The predicted molar refractivity (Wildman–Crippen MR) is 96.6 cm³/mol. The van der Waals surface area contributed by atoms with E-state index in [1.807, 2.05) is 20.8 Å². The van der Waals surface area contributed by atoms with Gasteiger partial charge in [0.2, 0.25) is 5.91 Å². The van der Waals surface area contributed by atoms with Gasteiger partial charge in [-0.1, -0.05) is 19.3 Å². The van der Waals surface area contributed by atoms with Crippen LogP contribution in [0.2, 0.25) is 0 Å². The van der Waals surface area contributed by atoms with Gasteiger partial charge >= 0.3 is 6.09 Å². The summed E-state index contributed by atoms with van der Waals surface area (Å²) in [6.07, 6.45) is 5.89. The van der Waals surface area contributed by atoms with Crippen molar-refractivity contribution < 1.29 is 14.3 Å². The van der Waals surface area contributed by atoms with Crippen LogP contribution in [0.5, 0.6) is 0 Å². The second kappa shape index (κ2) is 13.0. The number of amides is 2. The van der Waals surface area contributed by atoms with Gasteiger partial charge in [0, 0.05) is 13.1 Å². The zero-order valence-corrected chi connectivity index (χ0v) is 15.5. The number of nitrogens with one attached hydrogen (secondary N) is 2. The Kier molecular flexibility index (Phi) is 12.3. The summed E-state index contributed by atoms with van der Waals surface area (Å²) in [4.78, 5) is 23.2. The Balaban J connectivity index is 3.47. The molecule has 0 unspecified atom stereocenters. The van der Waals surface area contributed by atoms with E-state index >= 15 is 0 Å². The lowest BCUT2D eigenvalue weighted by Crippen LogP contribution is -2.40. The number of rotatable bonds is 12. The Labute approximate surface area is 146 Å². The molecular formula is C17H36N4O3. The molecule has 0 fully saturated rings. The summed E-state index contributed by atoms with van der Waals surface area (Å²) in [5.74, 6) is -0.0846. The maximum absolute atomic E-state index is 11.7. The van der Waals surface area contributed by atoms with Gasteiger partial charge in [0.25, 0.3) is 0 Å². The molecule has 0 spiro atoms. The van der Waals surface area contributed by atoms with Crippen molar-refractivity contribution in [3.8, 4) is 0 Å². The van der Waals surface area contributed by atoms with Crippen molar-refractivity contribution in [2.45, 2.75) is 77.4 Å². The van der Waals surface area contributed by atoms with Gasteiger partial charge in [0.1, 0.15) is 5.60 Å². The van der Waals surface area contributed by atoms with Crippen LogP contribution in [0.3, 0.4) is 0 Å². The van der Waals surface area contributed by atoms with Crippen LogP contribution >= 0.6 is 0 Å². The number of hydrogen-bond acceptors (Lipinski definition) is 5. The standard InChI is InChI=1S/C17H36N4O3/c1-17(2,3)24-16(23)21-13-9-5-4-8-12-20-15(22)14(19)10-6-7-11-18/h14H,4-13,18-19H2,1-3H3,(H,20,22)(H,21,23)/t14-/m0/s1. The highest BCUT2D eigenvalue weighted by atomic mass is 16.6. The van der Waals surface area contributed by atoms with Crippen LogP contribution in [0, 0.1) is 0 Å². The molecule has 0 aromatic heterocycles. The monoisotopic (exact) mass is 344 g/mol. The number of alkyl carbamates (subject to hydrolysis) is 1. The van der Waals surface area contributed by atoms with Gasteiger partial charge in [0.05, 0.1) is 6.04 Å². The molecule has 142 valence electrons. The number of unbranched alkanes of at least 4 members (excludes halogenated alkanes) is 4. The van der Waals surface area contributed by atoms with Crippen LogP contribution in [0.15, 0.2) is 0 Å². The molecular weight excluding hydrogens is 308 g/mol. The fourth-order valence-corrected chi connectivity index (χ4v) is 2.09. The molecule has 0 bridgehead atoms. The zero-order valence-electron chi connectivity index (χ0n) is 15.5. The minimum atomic E-state index is -0.465. The van der Waals surface area contributed by atoms with Crippen molar-refractivity contribution in [3.63, 3.8) is 0 Å². The number of nitrogens with two attached hydrogens (primary N) is 2. The summed E-state index contributed by atoms with van der Waals surface area (Å²) in [5.41, 5.74) is 10.8. The van der Waals surface area contributed by atoms with Gasteiger partial charge in [0.15, 0.2) is 0 Å². The molecule has 0 aliphatic carbocycles. The summed E-state index contributed by atoms with van der Waals surface area (Å²) in [5, 5.41) is 5.59. The van der Waals surface area contributed by atoms with Gasteiger partial charge < -0.3 is 26.8 Å². The molecule has 1 atom stereocenters. The highest BCUT2D eigenvalue weighted by molar-refractivity contribution is 5.81. The first-order valence-electron chi connectivity index (χ1n) is 8.96. The van der Waals surface area contributed by atoms with E-state index in [1.54, 1.807) is 0 Å². The first-order chi connectivity index (χ1) is 11.3. The van der Waals surface area contributed by atoms with Crippen molar-refractivity contribution in [1.82, 2.24) is 10.6 Å². The van der Waals surface area contributed by atoms with E-state index in [2.05, 4.69) is 10.6 Å². The second-order valence-corrected chi connectivity index (χ2v) is 7.02. The third-order valence-corrected chi connectivity index (χ3v) is 3.38. The minimum Gasteiger partial charge on any atom is -0.444 e. The highest BCUT2D eigenvalue weighted by Gasteiger charge is 2.15. The number of ether oxygens (including phenoxy) is 1. The molecule has 0 heterocycles. The number of carbonyl (C=O) groups is 2. The maximum Gasteiger partial charge on any atom is 0.407 e. The summed E-state index contributed by atoms with van der Waals surface area (Å²) in [6.45, 7) is 7.40. The van der Waals surface area contributed by atoms with E-state index in [0.717, 1.165) is 38.5 Å². The first kappa shape index (κ1) is 22.7. The summed E-state index contributed by atoms with van der Waals surface area (Å²) in [7, 11) is 0. The minimum absolute atomic E-state index is 0.0846. The normalized spacial score (nSPS) is 12.5. The van der Waals surface area contributed by atoms with Gasteiger partial charge in [-0.15, -0.1) is 0 Å². The molecule has 7 nitrogen and oxygen atoms in total. The first-order valence-corrected chi connectivity index (χ1v) is 8.96. The lowest BCUT2D eigenvalue weighted by Gasteiger charge is -2.19. The maximum atomic E-state index is 11.7. The average Bonchev–Trinajstić information content (AvgIpc) is 2.48. The molecule has 0 aliphatic heterocycles. The van der Waals surface area contributed by atoms with Crippen LogP contribution in [0.25, 0.3) is 0 Å². The second-order valence-electron chi connectivity index (χ2n) is 7.02. The summed E-state index contributed by atoms with van der Waals surface area (Å²) in [6, 6.07) is -0.436. The molecule has 2 amide bonds. The van der Waals surface area contributed by atoms with Gasteiger partial charge in [-0.3, -0.25) is 4.79 Å². The Bertz CT molecular complexity index is 356. The van der Waals surface area contributed by atoms with Crippen LogP contribution < -0.4 is 22.1 Å². The topological polar surface area (TPSA) is 119 Å². The summed E-state index contributed by atoms with van der Waals surface area (Å²) >= 11 is 0. The lowest BCUT2D eigenvalue weighted by atomic mass is 10.1. The van der Waals surface area contributed by atoms with Crippen LogP contribution in [0.1, 0.15) is 65.7 Å². The molecule has 0 saturated carbocycles. The van der Waals surface area contributed by atoms with Crippen LogP contribution in [0.4, 0.5) is 4.79 Å². The SMILES string of the molecule is CC(C)(C)OC(=O)NCCCCCCNC(=O)[C@@H](N)CCCCN.